The summed E-state index contributed by atoms with van der Waals surface area (Å²) in [4.78, 5) is 11.3. The zero-order valence-electron chi connectivity index (χ0n) is 7.75. The number of ether oxygens (including phenoxy) is 3. The highest BCUT2D eigenvalue weighted by Gasteiger charge is 2.65. The van der Waals surface area contributed by atoms with Crippen LogP contribution in [0.4, 0.5) is 0 Å². The van der Waals surface area contributed by atoms with Crippen LogP contribution in [0, 0.1) is 11.8 Å². The van der Waals surface area contributed by atoms with Crippen LogP contribution in [-0.2, 0) is 19.0 Å². The van der Waals surface area contributed by atoms with Crippen molar-refractivity contribution in [3.05, 3.63) is 0 Å². The van der Waals surface area contributed by atoms with Crippen LogP contribution >= 0.6 is 0 Å². The molecule has 0 radical (unpaired) electrons. The highest BCUT2D eigenvalue weighted by atomic mass is 16.6. The molecule has 3 rings (SSSR count). The third-order valence-corrected chi connectivity index (χ3v) is 3.51. The lowest BCUT2D eigenvalue weighted by atomic mass is 9.78. The van der Waals surface area contributed by atoms with E-state index in [0.717, 1.165) is 0 Å². The molecule has 2 bridgehead atoms. The molecule has 3 aliphatic heterocycles. The minimum absolute atomic E-state index is 0.0702. The van der Waals surface area contributed by atoms with Crippen molar-refractivity contribution >= 4 is 5.97 Å². The van der Waals surface area contributed by atoms with Gasteiger partial charge < -0.3 is 19.3 Å². The molecule has 0 aliphatic carbocycles. The molecule has 3 saturated heterocycles. The van der Waals surface area contributed by atoms with Crippen molar-refractivity contribution in [3.63, 3.8) is 0 Å². The standard InChI is InChI=1S/C9H12O5/c1-12-8-5(10)7-4-3(6(8)14-7)2-13-9(4)11/h3-8,10H,2H2,1H3. The summed E-state index contributed by atoms with van der Waals surface area (Å²) in [7, 11) is 1.55. The van der Waals surface area contributed by atoms with Crippen molar-refractivity contribution in [1.82, 2.24) is 0 Å². The van der Waals surface area contributed by atoms with Gasteiger partial charge >= 0.3 is 5.97 Å². The van der Waals surface area contributed by atoms with Gasteiger partial charge in [0.25, 0.3) is 0 Å². The third kappa shape index (κ3) is 0.827. The van der Waals surface area contributed by atoms with Crippen LogP contribution in [0.5, 0.6) is 0 Å². The lowest BCUT2D eigenvalue weighted by molar-refractivity contribution is -0.145. The molecule has 0 aromatic rings. The van der Waals surface area contributed by atoms with E-state index in [1.54, 1.807) is 7.11 Å². The van der Waals surface area contributed by atoms with Crippen LogP contribution in [0.3, 0.4) is 0 Å². The summed E-state index contributed by atoms with van der Waals surface area (Å²) in [6.07, 6.45) is -1.62. The van der Waals surface area contributed by atoms with E-state index in [4.69, 9.17) is 14.2 Å². The van der Waals surface area contributed by atoms with Crippen molar-refractivity contribution < 1.29 is 24.1 Å². The van der Waals surface area contributed by atoms with E-state index in [0.29, 0.717) is 6.61 Å². The number of aliphatic hydroxyl groups excluding tert-OH is 1. The molecule has 3 fully saturated rings. The Bertz CT molecular complexity index is 278. The molecular formula is C9H12O5. The Morgan fingerprint density at radius 2 is 2.29 bits per heavy atom. The van der Waals surface area contributed by atoms with Gasteiger partial charge in [-0.2, -0.15) is 0 Å². The summed E-state index contributed by atoms with van der Waals surface area (Å²) in [5, 5.41) is 9.79. The van der Waals surface area contributed by atoms with E-state index in [9.17, 15) is 9.90 Å². The van der Waals surface area contributed by atoms with Gasteiger partial charge in [0, 0.05) is 13.0 Å². The van der Waals surface area contributed by atoms with E-state index >= 15 is 0 Å². The lowest BCUT2D eigenvalue weighted by Crippen LogP contribution is -2.47. The first kappa shape index (κ1) is 8.64. The van der Waals surface area contributed by atoms with E-state index in [1.807, 2.05) is 0 Å². The highest BCUT2D eigenvalue weighted by Crippen LogP contribution is 2.47. The van der Waals surface area contributed by atoms with Gasteiger partial charge in [0.2, 0.25) is 0 Å². The van der Waals surface area contributed by atoms with Crippen LogP contribution in [0.2, 0.25) is 0 Å². The Morgan fingerprint density at radius 1 is 1.50 bits per heavy atom. The van der Waals surface area contributed by atoms with Crippen molar-refractivity contribution in [2.24, 2.45) is 11.8 Å². The zero-order chi connectivity index (χ0) is 9.87. The molecule has 5 nitrogen and oxygen atoms in total. The smallest absolute Gasteiger partial charge is 0.312 e. The SMILES string of the molecule is COC1C(O)C2OC1C1COC(=O)C12. The second-order valence-corrected chi connectivity index (χ2v) is 4.08. The highest BCUT2D eigenvalue weighted by molar-refractivity contribution is 5.76. The summed E-state index contributed by atoms with van der Waals surface area (Å²) in [6.45, 7) is 0.400. The number of rotatable bonds is 1. The van der Waals surface area contributed by atoms with Gasteiger partial charge in [-0.25, -0.2) is 0 Å². The molecule has 0 saturated carbocycles. The van der Waals surface area contributed by atoms with E-state index in [1.165, 1.54) is 0 Å². The predicted molar refractivity (Wildman–Crippen MR) is 43.4 cm³/mol. The van der Waals surface area contributed by atoms with Crippen molar-refractivity contribution in [1.29, 1.82) is 0 Å². The number of cyclic esters (lactones) is 1. The second-order valence-electron chi connectivity index (χ2n) is 4.08. The molecule has 0 aromatic heterocycles. The Hall–Kier alpha value is -0.650. The fourth-order valence-electron chi connectivity index (χ4n) is 2.87. The maximum absolute atomic E-state index is 11.3. The van der Waals surface area contributed by atoms with Gasteiger partial charge in [0.05, 0.1) is 18.6 Å². The van der Waals surface area contributed by atoms with Crippen molar-refractivity contribution in [2.45, 2.75) is 24.4 Å². The van der Waals surface area contributed by atoms with Crippen LogP contribution in [0.25, 0.3) is 0 Å². The number of hydrogen-bond acceptors (Lipinski definition) is 5. The van der Waals surface area contributed by atoms with Crippen molar-refractivity contribution in [2.75, 3.05) is 13.7 Å². The molecule has 5 heteroatoms. The first-order valence-corrected chi connectivity index (χ1v) is 4.77. The molecule has 3 aliphatic rings. The topological polar surface area (TPSA) is 65.0 Å². The molecule has 0 aromatic carbocycles. The number of carbonyl (C=O) groups is 1. The number of carbonyl (C=O) groups excluding carboxylic acids is 1. The third-order valence-electron chi connectivity index (χ3n) is 3.51. The van der Waals surface area contributed by atoms with Gasteiger partial charge in [-0.3, -0.25) is 4.79 Å². The normalized spacial score (nSPS) is 54.9. The number of aliphatic hydroxyl groups is 1. The zero-order valence-corrected chi connectivity index (χ0v) is 7.75. The van der Waals surface area contributed by atoms with Gasteiger partial charge in [-0.05, 0) is 0 Å². The van der Waals surface area contributed by atoms with Crippen molar-refractivity contribution in [3.8, 4) is 0 Å². The maximum atomic E-state index is 11.3. The van der Waals surface area contributed by atoms with E-state index < -0.39 is 12.2 Å². The Kier molecular flexibility index (Phi) is 1.66. The minimum atomic E-state index is -0.697. The molecule has 78 valence electrons. The maximum Gasteiger partial charge on any atom is 0.312 e. The number of fused-ring (bicyclic) bond motifs is 5. The van der Waals surface area contributed by atoms with Gasteiger partial charge in [0.1, 0.15) is 18.3 Å². The van der Waals surface area contributed by atoms with Crippen LogP contribution < -0.4 is 0 Å². The van der Waals surface area contributed by atoms with Gasteiger partial charge in [-0.15, -0.1) is 0 Å². The Morgan fingerprint density at radius 3 is 3.00 bits per heavy atom. The fraction of sp³-hybridized carbons (Fsp3) is 0.889. The summed E-state index contributed by atoms with van der Waals surface area (Å²) < 4.78 is 15.7. The molecule has 3 heterocycles. The van der Waals surface area contributed by atoms with Gasteiger partial charge in [-0.1, -0.05) is 0 Å². The number of hydrogen-bond donors (Lipinski definition) is 1. The number of methoxy groups -OCH3 is 1. The Labute approximate surface area is 80.9 Å². The first-order valence-electron chi connectivity index (χ1n) is 4.77. The lowest BCUT2D eigenvalue weighted by Gasteiger charge is -2.28. The molecule has 0 amide bonds. The molecule has 1 N–H and O–H groups in total. The monoisotopic (exact) mass is 200 g/mol. The average Bonchev–Trinajstić information content (AvgIpc) is 2.77. The predicted octanol–water partition coefficient (Wildman–Crippen LogP) is -1.07. The minimum Gasteiger partial charge on any atom is -0.465 e. The van der Waals surface area contributed by atoms with Crippen LogP contribution in [-0.4, -0.2) is 49.2 Å². The number of esters is 1. The molecule has 14 heavy (non-hydrogen) atoms. The van der Waals surface area contributed by atoms with Crippen LogP contribution in [0.15, 0.2) is 0 Å². The molecule has 6 unspecified atom stereocenters. The second kappa shape index (κ2) is 2.68. The molecule has 6 atom stereocenters. The summed E-state index contributed by atoms with van der Waals surface area (Å²) in [6, 6.07) is 0. The summed E-state index contributed by atoms with van der Waals surface area (Å²) in [5.41, 5.74) is 0. The quantitative estimate of drug-likeness (QED) is 0.546. The summed E-state index contributed by atoms with van der Waals surface area (Å²) in [5.74, 6) is -0.446. The van der Waals surface area contributed by atoms with E-state index in [2.05, 4.69) is 0 Å². The summed E-state index contributed by atoms with van der Waals surface area (Å²) >= 11 is 0. The molecular weight excluding hydrogens is 188 g/mol. The van der Waals surface area contributed by atoms with Gasteiger partial charge in [0.15, 0.2) is 0 Å². The average molecular weight is 200 g/mol. The molecule has 0 spiro atoms. The first-order chi connectivity index (χ1) is 6.74. The fourth-order valence-corrected chi connectivity index (χ4v) is 2.87. The largest absolute Gasteiger partial charge is 0.465 e. The Balaban J connectivity index is 1.92. The van der Waals surface area contributed by atoms with E-state index in [-0.39, 0.29) is 30.0 Å². The van der Waals surface area contributed by atoms with Crippen LogP contribution in [0.1, 0.15) is 0 Å².